The zero-order valence-electron chi connectivity index (χ0n) is 24.0. The van der Waals surface area contributed by atoms with E-state index >= 15 is 0 Å². The van der Waals surface area contributed by atoms with Crippen molar-refractivity contribution < 1.29 is 13.0 Å². The molecule has 3 aliphatic rings. The molecule has 3 N–H and O–H groups in total. The molecule has 0 saturated carbocycles. The van der Waals surface area contributed by atoms with Gasteiger partial charge < -0.3 is 9.97 Å². The quantitative estimate of drug-likeness (QED) is 0.284. The lowest BCUT2D eigenvalue weighted by Crippen LogP contribution is -2.08. The summed E-state index contributed by atoms with van der Waals surface area (Å²) in [5.41, 5.74) is 10.8. The van der Waals surface area contributed by atoms with Gasteiger partial charge in [0.05, 0.1) is 34.2 Å². The Morgan fingerprint density at radius 1 is 0.775 bits per heavy atom. The van der Waals surface area contributed by atoms with Crippen LogP contribution in [-0.4, -0.2) is 34.4 Å². The summed E-state index contributed by atoms with van der Waals surface area (Å²) < 4.78 is 36.0. The Kier molecular flexibility index (Phi) is 8.29. The maximum atomic E-state index is 12.8. The van der Waals surface area contributed by atoms with Crippen LogP contribution in [0, 0.1) is 0 Å². The van der Waals surface area contributed by atoms with Gasteiger partial charge in [0, 0.05) is 11.4 Å². The van der Waals surface area contributed by atoms with Crippen molar-refractivity contribution in [2.24, 2.45) is 9.98 Å². The number of aromatic nitrogens is 2. The standard InChI is InChI=1S/C32H40N4O3S/c1-5-9-20-17-28-29-18-21(10-6-2)25(34-29)15-16-27-23(12-8-4)32(40(37,38)39)31(36-27)30-19-22(11-7-3)26(35-30)14-13-24(20)33-28/h13-14,17-19,34,36H,5-12,15-16H2,1-4H3,(H,37,38,39)/b24-13-,26-14-. The Bertz CT molecular complexity index is 1610. The van der Waals surface area contributed by atoms with E-state index in [4.69, 9.17) is 9.98 Å². The van der Waals surface area contributed by atoms with Crippen molar-refractivity contribution in [2.45, 2.75) is 96.8 Å². The molecule has 8 bridgehead atoms. The van der Waals surface area contributed by atoms with Crippen LogP contribution in [0.5, 0.6) is 0 Å². The summed E-state index contributed by atoms with van der Waals surface area (Å²) in [6, 6.07) is 2.23. The minimum absolute atomic E-state index is 0.0298. The number of fused-ring (bicyclic) bond motifs is 8. The van der Waals surface area contributed by atoms with Gasteiger partial charge in [0.25, 0.3) is 10.1 Å². The maximum Gasteiger partial charge on any atom is 0.297 e. The fourth-order valence-electron chi connectivity index (χ4n) is 6.00. The van der Waals surface area contributed by atoms with Crippen LogP contribution in [0.25, 0.3) is 0 Å². The van der Waals surface area contributed by atoms with Crippen molar-refractivity contribution in [1.29, 1.82) is 0 Å². The SMILES string of the molecule is CCCC1=CC2=N/C1=C\C=C1/N=C(C=C1CCC)c1[nH]c(c(CCC)c1S(=O)(=O)O)CCc1[nH]c2cc1CCC. The predicted octanol–water partition coefficient (Wildman–Crippen LogP) is 7.12. The summed E-state index contributed by atoms with van der Waals surface area (Å²) >= 11 is 0. The molecule has 2 aromatic heterocycles. The highest BCUT2D eigenvalue weighted by Gasteiger charge is 2.30. The van der Waals surface area contributed by atoms with E-state index in [9.17, 15) is 13.0 Å². The summed E-state index contributed by atoms with van der Waals surface area (Å²) in [5.74, 6) is 0. The third-order valence-electron chi connectivity index (χ3n) is 7.77. The molecule has 0 atom stereocenters. The normalized spacial score (nSPS) is 19.4. The third kappa shape index (κ3) is 5.52. The van der Waals surface area contributed by atoms with Crippen molar-refractivity contribution in [1.82, 2.24) is 9.97 Å². The van der Waals surface area contributed by atoms with Crippen molar-refractivity contribution in [3.05, 3.63) is 86.8 Å². The Balaban J connectivity index is 1.75. The summed E-state index contributed by atoms with van der Waals surface area (Å²) in [7, 11) is -4.48. The molecule has 0 amide bonds. The number of H-pyrrole nitrogens is 2. The molecule has 5 rings (SSSR count). The largest absolute Gasteiger partial charge is 0.357 e. The molecule has 0 spiro atoms. The van der Waals surface area contributed by atoms with Gasteiger partial charge in [-0.05, 0) is 91.2 Å². The van der Waals surface area contributed by atoms with Crippen LogP contribution in [0.15, 0.2) is 67.8 Å². The molecule has 212 valence electrons. The van der Waals surface area contributed by atoms with E-state index in [2.05, 4.69) is 42.9 Å². The smallest absolute Gasteiger partial charge is 0.297 e. The monoisotopic (exact) mass is 560 g/mol. The number of aryl methyl sites for hydroxylation is 3. The topological polar surface area (TPSA) is 111 Å². The predicted molar refractivity (Wildman–Crippen MR) is 162 cm³/mol. The molecule has 7 nitrogen and oxygen atoms in total. The zero-order valence-corrected chi connectivity index (χ0v) is 24.8. The fraction of sp³-hybridized carbons (Fsp3) is 0.438. The first kappa shape index (κ1) is 28.3. The number of hydrogen-bond donors (Lipinski definition) is 3. The van der Waals surface area contributed by atoms with Crippen molar-refractivity contribution in [2.75, 3.05) is 0 Å². The minimum Gasteiger partial charge on any atom is -0.357 e. The molecule has 0 unspecified atom stereocenters. The number of nitrogens with zero attached hydrogens (tertiary/aromatic N) is 2. The third-order valence-corrected chi connectivity index (χ3v) is 8.73. The average molecular weight is 561 g/mol. The highest BCUT2D eigenvalue weighted by atomic mass is 32.2. The van der Waals surface area contributed by atoms with Gasteiger partial charge >= 0.3 is 0 Å². The van der Waals surface area contributed by atoms with Crippen molar-refractivity contribution >= 4 is 21.5 Å². The molecular formula is C32H40N4O3S. The van der Waals surface area contributed by atoms with E-state index in [0.717, 1.165) is 84.7 Å². The zero-order chi connectivity index (χ0) is 28.4. The van der Waals surface area contributed by atoms with Gasteiger partial charge in [0.2, 0.25) is 0 Å². The van der Waals surface area contributed by atoms with Crippen LogP contribution in [-0.2, 0) is 35.8 Å². The molecular weight excluding hydrogens is 520 g/mol. The Labute approximate surface area is 237 Å². The molecule has 8 heteroatoms. The summed E-state index contributed by atoms with van der Waals surface area (Å²) in [6.45, 7) is 8.49. The van der Waals surface area contributed by atoms with E-state index in [1.165, 1.54) is 11.1 Å². The van der Waals surface area contributed by atoms with Gasteiger partial charge in [-0.15, -0.1) is 0 Å². The second-order valence-electron chi connectivity index (χ2n) is 10.9. The maximum absolute atomic E-state index is 12.8. The van der Waals surface area contributed by atoms with Gasteiger partial charge in [0.15, 0.2) is 0 Å². The summed E-state index contributed by atoms with van der Waals surface area (Å²) in [6.07, 6.45) is 16.5. The van der Waals surface area contributed by atoms with E-state index in [1.54, 1.807) is 0 Å². The molecule has 0 fully saturated rings. The first-order chi connectivity index (χ1) is 19.3. The molecule has 5 heterocycles. The van der Waals surface area contributed by atoms with E-state index in [1.807, 2.05) is 25.2 Å². The number of rotatable bonds is 9. The van der Waals surface area contributed by atoms with Crippen LogP contribution < -0.4 is 0 Å². The van der Waals surface area contributed by atoms with Crippen LogP contribution in [0.4, 0.5) is 0 Å². The molecule has 0 aliphatic carbocycles. The average Bonchev–Trinajstić information content (AvgIpc) is 3.66. The minimum atomic E-state index is -4.48. The molecule has 2 aromatic rings. The van der Waals surface area contributed by atoms with Gasteiger partial charge in [-0.25, -0.2) is 9.98 Å². The molecule has 0 radical (unpaired) electrons. The second-order valence-corrected chi connectivity index (χ2v) is 12.2. The summed E-state index contributed by atoms with van der Waals surface area (Å²) in [5, 5.41) is 0. The fourth-order valence-corrected chi connectivity index (χ4v) is 6.96. The lowest BCUT2D eigenvalue weighted by Gasteiger charge is -2.06. The molecule has 3 aliphatic heterocycles. The van der Waals surface area contributed by atoms with Crippen LogP contribution in [0.1, 0.15) is 100 Å². The highest BCUT2D eigenvalue weighted by Crippen LogP contribution is 2.34. The van der Waals surface area contributed by atoms with Gasteiger partial charge in [-0.3, -0.25) is 4.55 Å². The summed E-state index contributed by atoms with van der Waals surface area (Å²) in [4.78, 5) is 17.0. The molecule has 0 saturated heterocycles. The number of nitrogens with one attached hydrogen (secondary N) is 2. The van der Waals surface area contributed by atoms with Gasteiger partial charge in [-0.2, -0.15) is 8.42 Å². The lowest BCUT2D eigenvalue weighted by atomic mass is 10.0. The first-order valence-electron chi connectivity index (χ1n) is 14.7. The number of hydrogen-bond acceptors (Lipinski definition) is 4. The molecule has 0 aromatic carbocycles. The Morgan fingerprint density at radius 3 is 1.95 bits per heavy atom. The lowest BCUT2D eigenvalue weighted by molar-refractivity contribution is 0.482. The number of allylic oxidation sites excluding steroid dienone is 6. The molecule has 40 heavy (non-hydrogen) atoms. The van der Waals surface area contributed by atoms with Crippen molar-refractivity contribution in [3.63, 3.8) is 0 Å². The second kappa shape index (κ2) is 11.7. The van der Waals surface area contributed by atoms with Gasteiger partial charge in [-0.1, -0.05) is 53.4 Å². The van der Waals surface area contributed by atoms with Gasteiger partial charge in [0.1, 0.15) is 4.90 Å². The van der Waals surface area contributed by atoms with Crippen LogP contribution >= 0.6 is 0 Å². The van der Waals surface area contributed by atoms with Crippen LogP contribution in [0.3, 0.4) is 0 Å². The van der Waals surface area contributed by atoms with E-state index < -0.39 is 10.1 Å². The number of aromatic amines is 2. The highest BCUT2D eigenvalue weighted by molar-refractivity contribution is 7.86. The van der Waals surface area contributed by atoms with Crippen molar-refractivity contribution in [3.8, 4) is 0 Å². The number of aliphatic imine (C=N–C) groups is 2. The van der Waals surface area contributed by atoms with E-state index in [0.29, 0.717) is 36.2 Å². The Hall–Kier alpha value is -3.23. The Morgan fingerprint density at radius 2 is 1.35 bits per heavy atom. The van der Waals surface area contributed by atoms with Crippen LogP contribution in [0.2, 0.25) is 0 Å². The first-order valence-corrected chi connectivity index (χ1v) is 16.1. The van der Waals surface area contributed by atoms with E-state index in [-0.39, 0.29) is 4.90 Å².